The number of halogens is 2. The zero-order valence-corrected chi connectivity index (χ0v) is 10.1. The van der Waals surface area contributed by atoms with Crippen LogP contribution in [-0.4, -0.2) is 9.91 Å². The summed E-state index contributed by atoms with van der Waals surface area (Å²) in [5.74, 6) is -0.665. The van der Waals surface area contributed by atoms with Crippen LogP contribution in [0.4, 0.5) is 10.1 Å². The number of benzene rings is 1. The second-order valence-corrected chi connectivity index (χ2v) is 3.99. The smallest absolute Gasteiger partial charge is 0.258 e. The quantitative estimate of drug-likeness (QED) is 0.623. The fourth-order valence-electron chi connectivity index (χ4n) is 1.50. The Balaban J connectivity index is 2.54. The zero-order chi connectivity index (χ0) is 14.0. The Bertz CT molecular complexity index is 713. The van der Waals surface area contributed by atoms with Gasteiger partial charge in [0.05, 0.1) is 27.3 Å². The molecule has 0 spiro atoms. The monoisotopic (exact) mass is 277 g/mol. The number of rotatable bonds is 2. The summed E-state index contributed by atoms with van der Waals surface area (Å²) < 4.78 is 13.8. The van der Waals surface area contributed by atoms with Gasteiger partial charge in [-0.1, -0.05) is 11.6 Å². The molecule has 1 aromatic heterocycles. The van der Waals surface area contributed by atoms with E-state index in [-0.39, 0.29) is 27.5 Å². The molecule has 0 radical (unpaired) electrons. The van der Waals surface area contributed by atoms with Crippen molar-refractivity contribution >= 4 is 17.3 Å². The lowest BCUT2D eigenvalue weighted by Gasteiger charge is -2.05. The maximum absolute atomic E-state index is 13.8. The molecule has 5 nitrogen and oxygen atoms in total. The van der Waals surface area contributed by atoms with Gasteiger partial charge in [-0.2, -0.15) is 5.26 Å². The van der Waals surface area contributed by atoms with Crippen LogP contribution in [0.2, 0.25) is 5.02 Å². The van der Waals surface area contributed by atoms with Gasteiger partial charge >= 0.3 is 0 Å². The molecule has 0 fully saturated rings. The highest BCUT2D eigenvalue weighted by molar-refractivity contribution is 6.33. The highest BCUT2D eigenvalue weighted by atomic mass is 35.5. The highest BCUT2D eigenvalue weighted by Gasteiger charge is 2.15. The van der Waals surface area contributed by atoms with Crippen LogP contribution >= 0.6 is 11.6 Å². The third-order valence-electron chi connectivity index (χ3n) is 2.39. The molecule has 2 aromatic rings. The maximum atomic E-state index is 13.8. The normalized spacial score (nSPS) is 9.95. The van der Waals surface area contributed by atoms with Crippen molar-refractivity contribution in [3.8, 4) is 17.3 Å². The number of nitrogens with zero attached hydrogens (tertiary/aromatic N) is 3. The summed E-state index contributed by atoms with van der Waals surface area (Å²) in [4.78, 5) is 13.7. The Morgan fingerprint density at radius 1 is 1.42 bits per heavy atom. The van der Waals surface area contributed by atoms with Crippen LogP contribution in [0.5, 0.6) is 0 Å². The van der Waals surface area contributed by atoms with E-state index in [0.717, 1.165) is 18.3 Å². The molecule has 7 heteroatoms. The van der Waals surface area contributed by atoms with Crippen molar-refractivity contribution < 1.29 is 9.31 Å². The Morgan fingerprint density at radius 3 is 2.68 bits per heavy atom. The molecule has 19 heavy (non-hydrogen) atoms. The molecular formula is C12H5ClFN3O2. The minimum Gasteiger partial charge on any atom is -0.258 e. The van der Waals surface area contributed by atoms with E-state index in [9.17, 15) is 14.5 Å². The van der Waals surface area contributed by atoms with Gasteiger partial charge in [0.15, 0.2) is 0 Å². The molecule has 0 amide bonds. The van der Waals surface area contributed by atoms with Crippen LogP contribution in [-0.2, 0) is 0 Å². The van der Waals surface area contributed by atoms with Gasteiger partial charge in [-0.25, -0.2) is 9.37 Å². The maximum Gasteiger partial charge on any atom is 0.289 e. The Labute approximate surface area is 112 Å². The summed E-state index contributed by atoms with van der Waals surface area (Å²) in [5.41, 5.74) is 0.0650. The van der Waals surface area contributed by atoms with Crippen molar-refractivity contribution in [2.75, 3.05) is 0 Å². The van der Waals surface area contributed by atoms with Crippen LogP contribution in [0.25, 0.3) is 11.3 Å². The van der Waals surface area contributed by atoms with E-state index in [1.807, 2.05) is 0 Å². The molecule has 94 valence electrons. The predicted molar refractivity (Wildman–Crippen MR) is 66.0 cm³/mol. The molecule has 0 saturated carbocycles. The van der Waals surface area contributed by atoms with E-state index in [4.69, 9.17) is 16.9 Å². The average molecular weight is 278 g/mol. The van der Waals surface area contributed by atoms with E-state index in [1.165, 1.54) is 12.1 Å². The SMILES string of the molecule is N#Cc1ccc(-c2ncc([N+](=O)[O-])cc2Cl)c(F)c1. The first-order chi connectivity index (χ1) is 9.02. The van der Waals surface area contributed by atoms with E-state index in [2.05, 4.69) is 4.98 Å². The van der Waals surface area contributed by atoms with Crippen molar-refractivity contribution in [3.63, 3.8) is 0 Å². The molecule has 0 bridgehead atoms. The van der Waals surface area contributed by atoms with E-state index in [1.54, 1.807) is 6.07 Å². The van der Waals surface area contributed by atoms with Crippen LogP contribution in [0.1, 0.15) is 5.56 Å². The Kier molecular flexibility index (Phi) is 3.40. The predicted octanol–water partition coefficient (Wildman–Crippen LogP) is 3.32. The number of hydrogen-bond acceptors (Lipinski definition) is 4. The molecule has 0 atom stereocenters. The third kappa shape index (κ3) is 2.51. The van der Waals surface area contributed by atoms with Crippen LogP contribution < -0.4 is 0 Å². The number of nitro groups is 1. The second kappa shape index (κ2) is 5.00. The van der Waals surface area contributed by atoms with Gasteiger partial charge in [0.1, 0.15) is 12.0 Å². The highest BCUT2D eigenvalue weighted by Crippen LogP contribution is 2.30. The second-order valence-electron chi connectivity index (χ2n) is 3.59. The summed E-state index contributed by atoms with van der Waals surface area (Å²) >= 11 is 5.86. The van der Waals surface area contributed by atoms with Crippen molar-refractivity contribution in [2.24, 2.45) is 0 Å². The average Bonchev–Trinajstić information content (AvgIpc) is 2.39. The summed E-state index contributed by atoms with van der Waals surface area (Å²) in [6.07, 6.45) is 0.999. The number of aromatic nitrogens is 1. The fourth-order valence-corrected chi connectivity index (χ4v) is 1.76. The number of pyridine rings is 1. The first-order valence-corrected chi connectivity index (χ1v) is 5.40. The summed E-state index contributed by atoms with van der Waals surface area (Å²) in [6.45, 7) is 0. The lowest BCUT2D eigenvalue weighted by molar-refractivity contribution is -0.385. The first kappa shape index (κ1) is 12.9. The molecule has 0 aliphatic carbocycles. The van der Waals surface area contributed by atoms with Crippen molar-refractivity contribution in [3.05, 3.63) is 57.0 Å². The van der Waals surface area contributed by atoms with E-state index < -0.39 is 10.7 Å². The van der Waals surface area contributed by atoms with Gasteiger partial charge in [-0.15, -0.1) is 0 Å². The summed E-state index contributed by atoms with van der Waals surface area (Å²) in [6, 6.07) is 6.72. The molecule has 1 aromatic carbocycles. The minimum absolute atomic E-state index is 0.0298. The van der Waals surface area contributed by atoms with Gasteiger partial charge in [0, 0.05) is 11.6 Å². The standard InChI is InChI=1S/C12H5ClFN3O2/c13-10-4-8(17(18)19)6-16-12(10)9-2-1-7(5-15)3-11(9)14/h1-4,6H. The van der Waals surface area contributed by atoms with Gasteiger partial charge in [-0.3, -0.25) is 10.1 Å². The van der Waals surface area contributed by atoms with E-state index >= 15 is 0 Å². The molecule has 0 saturated heterocycles. The first-order valence-electron chi connectivity index (χ1n) is 5.03. The lowest BCUT2D eigenvalue weighted by Crippen LogP contribution is -1.94. The molecule has 2 rings (SSSR count). The van der Waals surface area contributed by atoms with Crippen LogP contribution in [0.15, 0.2) is 30.5 Å². The molecule has 0 unspecified atom stereocenters. The minimum atomic E-state index is -0.665. The van der Waals surface area contributed by atoms with Crippen molar-refractivity contribution in [1.82, 2.24) is 4.98 Å². The molecule has 1 heterocycles. The fraction of sp³-hybridized carbons (Fsp3) is 0. The molecule has 0 aliphatic heterocycles. The van der Waals surface area contributed by atoms with Gasteiger partial charge in [0.25, 0.3) is 5.69 Å². The lowest BCUT2D eigenvalue weighted by atomic mass is 10.1. The number of nitriles is 1. The molecule has 0 aliphatic rings. The van der Waals surface area contributed by atoms with Gasteiger partial charge < -0.3 is 0 Å². The summed E-state index contributed by atoms with van der Waals surface area (Å²) in [7, 11) is 0. The van der Waals surface area contributed by atoms with Crippen LogP contribution in [0.3, 0.4) is 0 Å². The summed E-state index contributed by atoms with van der Waals surface area (Å²) in [5, 5.41) is 19.2. The Hall–Kier alpha value is -2.52. The largest absolute Gasteiger partial charge is 0.289 e. The Morgan fingerprint density at radius 2 is 2.16 bits per heavy atom. The van der Waals surface area contributed by atoms with Crippen LogP contribution in [0, 0.1) is 27.3 Å². The van der Waals surface area contributed by atoms with Crippen molar-refractivity contribution in [1.29, 1.82) is 5.26 Å². The van der Waals surface area contributed by atoms with E-state index in [0.29, 0.717) is 0 Å². The van der Waals surface area contributed by atoms with Gasteiger partial charge in [0.2, 0.25) is 0 Å². The topological polar surface area (TPSA) is 79.8 Å². The molecule has 0 N–H and O–H groups in total. The number of hydrogen-bond donors (Lipinski definition) is 0. The molecular weight excluding hydrogens is 273 g/mol. The zero-order valence-electron chi connectivity index (χ0n) is 9.30. The van der Waals surface area contributed by atoms with Crippen molar-refractivity contribution in [2.45, 2.75) is 0 Å². The van der Waals surface area contributed by atoms with Gasteiger partial charge in [-0.05, 0) is 18.2 Å². The third-order valence-corrected chi connectivity index (χ3v) is 2.68.